The average molecular weight is 225 g/mol. The first-order valence-electron chi connectivity index (χ1n) is 0. The third kappa shape index (κ3) is 8.82. The van der Waals surface area contributed by atoms with Gasteiger partial charge in [-0.2, -0.15) is 0 Å². The van der Waals surface area contributed by atoms with Crippen LogP contribution in [0.4, 0.5) is 0 Å². The molecule has 0 fully saturated rings. The summed E-state index contributed by atoms with van der Waals surface area (Å²) in [6.45, 7) is 0. The van der Waals surface area contributed by atoms with E-state index in [1.165, 1.54) is 0 Å². The van der Waals surface area contributed by atoms with Gasteiger partial charge in [0.05, 0.1) is 0 Å². The summed E-state index contributed by atoms with van der Waals surface area (Å²) >= 11 is 0. The smallest absolute Gasteiger partial charge is 0 e. The molecule has 4 heavy (non-hydrogen) atoms. The third-order valence-electron chi connectivity index (χ3n) is 0. The van der Waals surface area contributed by atoms with Crippen molar-refractivity contribution in [3.8, 4) is 0 Å². The fourth-order valence-corrected chi connectivity index (χ4v) is 0. The van der Waals surface area contributed by atoms with Crippen molar-refractivity contribution in [3.63, 3.8) is 0 Å². The summed E-state index contributed by atoms with van der Waals surface area (Å²) < 4.78 is 0. The van der Waals surface area contributed by atoms with Gasteiger partial charge in [-0.3, -0.25) is 0 Å². The summed E-state index contributed by atoms with van der Waals surface area (Å²) in [5, 5.41) is 0. The molecule has 0 spiro atoms. The zero-order chi connectivity index (χ0) is 0. The molecule has 0 aliphatic rings. The Balaban J connectivity index is 0. The maximum absolute atomic E-state index is 0. The van der Waals surface area contributed by atoms with Gasteiger partial charge < -0.3 is 0 Å². The van der Waals surface area contributed by atoms with E-state index in [1.54, 1.807) is 0 Å². The Morgan fingerprint density at radius 2 is 1.00 bits per heavy atom. The molecule has 0 bridgehead atoms. The molecule has 0 heterocycles. The first-order valence-corrected chi connectivity index (χ1v) is 0. The predicted molar refractivity (Wildman–Crippen MR) is 9.94 cm³/mol. The van der Waals surface area contributed by atoms with E-state index >= 15 is 0 Å². The molecule has 4 heteroatoms. The minimum Gasteiger partial charge on any atom is 0 e. The second-order valence-corrected chi connectivity index (χ2v) is 0. The predicted octanol–water partition coefficient (Wildman–Crippen LogP) is -1.19. The standard InChI is InChI=1S/Al.Fe.Ti.Zr.3H. The fraction of sp³-hybridized carbons (Fsp3) is 0. The minimum atomic E-state index is 0. The van der Waals surface area contributed by atoms with Crippen molar-refractivity contribution in [3.05, 3.63) is 0 Å². The molecule has 0 nitrogen and oxygen atoms in total. The molecule has 0 saturated heterocycles. The van der Waals surface area contributed by atoms with Crippen LogP contribution in [-0.4, -0.2) is 17.4 Å². The van der Waals surface area contributed by atoms with Crippen molar-refractivity contribution in [1.82, 2.24) is 0 Å². The molecule has 0 atom stereocenters. The van der Waals surface area contributed by atoms with Crippen molar-refractivity contribution in [2.45, 2.75) is 0 Å². The van der Waals surface area contributed by atoms with Gasteiger partial charge in [-0.05, 0) is 0 Å². The molecular weight excluding hydrogens is 222 g/mol. The van der Waals surface area contributed by atoms with E-state index < -0.39 is 0 Å². The van der Waals surface area contributed by atoms with Gasteiger partial charge in [0.25, 0.3) is 0 Å². The maximum atomic E-state index is 0. The van der Waals surface area contributed by atoms with E-state index in [-0.39, 0.29) is 82.4 Å². The van der Waals surface area contributed by atoms with Crippen LogP contribution in [0.3, 0.4) is 0 Å². The molecule has 0 amide bonds. The van der Waals surface area contributed by atoms with E-state index in [4.69, 9.17) is 0 Å². The largest absolute Gasteiger partial charge is 0.187 e. The summed E-state index contributed by atoms with van der Waals surface area (Å²) in [4.78, 5) is 0. The van der Waals surface area contributed by atoms with Crippen molar-refractivity contribution in [2.24, 2.45) is 0 Å². The zero-order valence-electron chi connectivity index (χ0n) is 1.35. The molecule has 0 unspecified atom stereocenters. The Morgan fingerprint density at radius 1 is 1.00 bits per heavy atom. The van der Waals surface area contributed by atoms with Crippen LogP contribution in [-0.2, 0) is 65.0 Å². The van der Waals surface area contributed by atoms with Gasteiger partial charge in [0.1, 0.15) is 0 Å². The Morgan fingerprint density at radius 3 is 1.00 bits per heavy atom. The van der Waals surface area contributed by atoms with E-state index in [0.717, 1.165) is 0 Å². The van der Waals surface area contributed by atoms with E-state index in [0.29, 0.717) is 0 Å². The number of hydrogen-bond acceptors (Lipinski definition) is 0. The number of rotatable bonds is 0. The van der Waals surface area contributed by atoms with Crippen LogP contribution in [0.25, 0.3) is 0 Å². The Labute approximate surface area is 81.1 Å². The van der Waals surface area contributed by atoms with Crippen LogP contribution in [0.5, 0.6) is 0 Å². The minimum absolute atomic E-state index is 0. The SMILES string of the molecule is [AlH3].[Fe].[Ti].[Zr]. The summed E-state index contributed by atoms with van der Waals surface area (Å²) in [6.07, 6.45) is 0. The van der Waals surface area contributed by atoms with Crippen LogP contribution in [0, 0.1) is 0 Å². The van der Waals surface area contributed by atoms with Crippen molar-refractivity contribution >= 4 is 17.4 Å². The van der Waals surface area contributed by atoms with Crippen molar-refractivity contribution < 1.29 is 65.0 Å². The van der Waals surface area contributed by atoms with Gasteiger partial charge in [0.15, 0.2) is 17.4 Å². The summed E-state index contributed by atoms with van der Waals surface area (Å²) in [7, 11) is 0. The van der Waals surface area contributed by atoms with Gasteiger partial charge in [-0.15, -0.1) is 0 Å². The zero-order valence-corrected chi connectivity index (χ0v) is 6.48. The normalized spacial score (nSPS) is 0. The first kappa shape index (κ1) is 30.2. The molecule has 22 valence electrons. The molecule has 0 aliphatic heterocycles. The van der Waals surface area contributed by atoms with Gasteiger partial charge in [-0.25, -0.2) is 0 Å². The maximum Gasteiger partial charge on any atom is 0.187 e. The molecule has 0 rings (SSSR count). The van der Waals surface area contributed by atoms with Crippen LogP contribution in [0.15, 0.2) is 0 Å². The first-order chi connectivity index (χ1) is 0. The average Bonchev–Trinajstić information content (AvgIpc) is 0. The number of hydrogen-bond donors (Lipinski definition) is 0. The summed E-state index contributed by atoms with van der Waals surface area (Å²) in [6, 6.07) is 0. The third-order valence-corrected chi connectivity index (χ3v) is 0. The Bertz CT molecular complexity index is 8.00. The van der Waals surface area contributed by atoms with Crippen molar-refractivity contribution in [2.75, 3.05) is 0 Å². The van der Waals surface area contributed by atoms with E-state index in [9.17, 15) is 0 Å². The van der Waals surface area contributed by atoms with Gasteiger partial charge in [0, 0.05) is 65.0 Å². The van der Waals surface area contributed by atoms with Crippen LogP contribution >= 0.6 is 0 Å². The second kappa shape index (κ2) is 17.4. The monoisotopic (exact) mass is 224 g/mol. The van der Waals surface area contributed by atoms with Crippen LogP contribution in [0.1, 0.15) is 0 Å². The molecule has 0 aromatic rings. The second-order valence-electron chi connectivity index (χ2n) is 0. The summed E-state index contributed by atoms with van der Waals surface area (Å²) in [5.41, 5.74) is 0. The molecule has 0 N–H and O–H groups in total. The van der Waals surface area contributed by atoms with E-state index in [1.807, 2.05) is 0 Å². The fourth-order valence-electron chi connectivity index (χ4n) is 0. The molecule has 0 aromatic heterocycles. The molecule has 0 aromatic carbocycles. The topological polar surface area (TPSA) is 0 Å². The summed E-state index contributed by atoms with van der Waals surface area (Å²) in [5.74, 6) is 0. The van der Waals surface area contributed by atoms with Crippen LogP contribution < -0.4 is 0 Å². The van der Waals surface area contributed by atoms with Crippen LogP contribution in [0.2, 0.25) is 0 Å². The molecular formula is H3AlFeTiZr. The van der Waals surface area contributed by atoms with Gasteiger partial charge in [-0.1, -0.05) is 0 Å². The quantitative estimate of drug-likeness (QED) is 0.454. The van der Waals surface area contributed by atoms with Crippen molar-refractivity contribution in [1.29, 1.82) is 0 Å². The van der Waals surface area contributed by atoms with Gasteiger partial charge >= 0.3 is 0 Å². The van der Waals surface area contributed by atoms with E-state index in [2.05, 4.69) is 0 Å². The molecule has 0 saturated carbocycles. The van der Waals surface area contributed by atoms with Gasteiger partial charge in [0.2, 0.25) is 0 Å². The Hall–Kier alpha value is 2.65. The Kier molecular flexibility index (Phi) is 132. The molecule has 0 aliphatic carbocycles. The molecule has 0 radical (unpaired) electrons.